The van der Waals surface area contributed by atoms with Crippen LogP contribution in [0.1, 0.15) is 29.8 Å². The van der Waals surface area contributed by atoms with Gasteiger partial charge in [0.15, 0.2) is 0 Å². The van der Waals surface area contributed by atoms with E-state index >= 15 is 0 Å². The molecule has 0 saturated carbocycles. The number of nitrogens with zero attached hydrogens (tertiary/aromatic N) is 2. The number of hydrogen-bond acceptors (Lipinski definition) is 6. The van der Waals surface area contributed by atoms with Gasteiger partial charge < -0.3 is 9.88 Å². The van der Waals surface area contributed by atoms with Crippen molar-refractivity contribution in [3.8, 4) is 10.4 Å². The fourth-order valence-corrected chi connectivity index (χ4v) is 5.69. The lowest BCUT2D eigenvalue weighted by atomic mass is 10.1. The Balaban J connectivity index is 0.00000341. The van der Waals surface area contributed by atoms with Gasteiger partial charge in [-0.05, 0) is 57.3 Å². The average molecular weight is 483 g/mol. The zero-order valence-electron chi connectivity index (χ0n) is 17.9. The van der Waals surface area contributed by atoms with Crippen LogP contribution >= 0.6 is 23.7 Å². The molecule has 0 fully saturated rings. The first-order valence-electron chi connectivity index (χ1n) is 9.62. The van der Waals surface area contributed by atoms with E-state index in [9.17, 15) is 13.2 Å². The maximum Gasteiger partial charge on any atom is 0.251 e. The summed E-state index contributed by atoms with van der Waals surface area (Å²) in [5.74, 6) is 0. The molecule has 7 nitrogen and oxygen atoms in total. The van der Waals surface area contributed by atoms with Gasteiger partial charge in [0.05, 0.1) is 0 Å². The van der Waals surface area contributed by atoms with Crippen LogP contribution in [-0.4, -0.2) is 43.9 Å². The molecule has 0 radical (unpaired) electrons. The predicted octanol–water partition coefficient (Wildman–Crippen LogP) is 3.37. The number of likely N-dealkylation sites (N-methyl/N-ethyl adjacent to an activating group) is 1. The van der Waals surface area contributed by atoms with E-state index in [0.29, 0.717) is 12.0 Å². The standard InChI is InChI=1S/C21H26N4O3S2.ClH/c1-5-15-11-17(14(2)24-21(15)26)19-8-9-20(29-19)30(27,28)23-13-18(25(3)4)16-7-6-10-22-12-16;/h6-12,18,23H,5,13H2,1-4H3,(H,24,26);1H. The molecule has 0 aliphatic heterocycles. The highest BCUT2D eigenvalue weighted by atomic mass is 35.5. The highest BCUT2D eigenvalue weighted by molar-refractivity contribution is 7.91. The van der Waals surface area contributed by atoms with E-state index in [4.69, 9.17) is 0 Å². The summed E-state index contributed by atoms with van der Waals surface area (Å²) in [5.41, 5.74) is 3.08. The third kappa shape index (κ3) is 5.81. The van der Waals surface area contributed by atoms with E-state index in [-0.39, 0.29) is 34.8 Å². The number of aromatic nitrogens is 2. The molecule has 31 heavy (non-hydrogen) atoms. The van der Waals surface area contributed by atoms with Crippen LogP contribution in [-0.2, 0) is 16.4 Å². The topological polar surface area (TPSA) is 95.2 Å². The Kier molecular flexibility index (Phi) is 8.56. The van der Waals surface area contributed by atoms with Crippen LogP contribution < -0.4 is 10.3 Å². The Labute approximate surface area is 193 Å². The maximum absolute atomic E-state index is 12.9. The quantitative estimate of drug-likeness (QED) is 0.513. The summed E-state index contributed by atoms with van der Waals surface area (Å²) in [7, 11) is 0.133. The van der Waals surface area contributed by atoms with E-state index < -0.39 is 10.0 Å². The number of aryl methyl sites for hydroxylation is 2. The first-order valence-corrected chi connectivity index (χ1v) is 11.9. The van der Waals surface area contributed by atoms with Crippen molar-refractivity contribution in [2.75, 3.05) is 20.6 Å². The number of rotatable bonds is 8. The summed E-state index contributed by atoms with van der Waals surface area (Å²) >= 11 is 1.19. The lowest BCUT2D eigenvalue weighted by Gasteiger charge is -2.24. The van der Waals surface area contributed by atoms with E-state index in [1.165, 1.54) is 11.3 Å². The van der Waals surface area contributed by atoms with Crippen LogP contribution in [0.5, 0.6) is 0 Å². The third-order valence-corrected chi connectivity index (χ3v) is 8.00. The van der Waals surface area contributed by atoms with Crippen LogP contribution in [0, 0.1) is 6.92 Å². The molecule has 168 valence electrons. The number of aromatic amines is 1. The molecule has 3 aromatic heterocycles. The smallest absolute Gasteiger partial charge is 0.251 e. The minimum absolute atomic E-state index is 0. The summed E-state index contributed by atoms with van der Waals surface area (Å²) in [6.07, 6.45) is 4.05. The van der Waals surface area contributed by atoms with Crippen LogP contribution in [0.3, 0.4) is 0 Å². The number of pyridine rings is 2. The first kappa shape index (κ1) is 25.2. The van der Waals surface area contributed by atoms with Gasteiger partial charge in [-0.15, -0.1) is 23.7 Å². The fourth-order valence-electron chi connectivity index (χ4n) is 3.23. The molecule has 0 spiro atoms. The second-order valence-electron chi connectivity index (χ2n) is 7.25. The average Bonchev–Trinajstić information content (AvgIpc) is 3.20. The van der Waals surface area contributed by atoms with Crippen molar-refractivity contribution in [2.24, 2.45) is 0 Å². The summed E-state index contributed by atoms with van der Waals surface area (Å²) in [6, 6.07) is 8.86. The van der Waals surface area contributed by atoms with Crippen molar-refractivity contribution in [3.05, 3.63) is 69.9 Å². The van der Waals surface area contributed by atoms with Crippen LogP contribution in [0.25, 0.3) is 10.4 Å². The Morgan fingerprint density at radius 1 is 1.26 bits per heavy atom. The number of hydrogen-bond donors (Lipinski definition) is 2. The predicted molar refractivity (Wildman–Crippen MR) is 128 cm³/mol. The van der Waals surface area contributed by atoms with Crippen molar-refractivity contribution in [1.29, 1.82) is 0 Å². The Bertz CT molecular complexity index is 1170. The molecule has 3 heterocycles. The maximum atomic E-state index is 12.9. The summed E-state index contributed by atoms with van der Waals surface area (Å²) in [6.45, 7) is 3.96. The van der Waals surface area contributed by atoms with E-state index in [1.807, 2.05) is 51.0 Å². The van der Waals surface area contributed by atoms with Gasteiger partial charge in [-0.2, -0.15) is 0 Å². The molecular formula is C21H27ClN4O3S2. The minimum Gasteiger partial charge on any atom is -0.326 e. The van der Waals surface area contributed by atoms with Gasteiger partial charge in [0.1, 0.15) is 4.21 Å². The van der Waals surface area contributed by atoms with Gasteiger partial charge in [0, 0.05) is 46.7 Å². The fraction of sp³-hybridized carbons (Fsp3) is 0.333. The molecular weight excluding hydrogens is 456 g/mol. The van der Waals surface area contributed by atoms with Crippen molar-refractivity contribution >= 4 is 33.8 Å². The summed E-state index contributed by atoms with van der Waals surface area (Å²) in [4.78, 5) is 21.7. The molecule has 0 amide bonds. The third-order valence-electron chi connectivity index (χ3n) is 4.97. The molecule has 0 aliphatic carbocycles. The molecule has 0 bridgehead atoms. The number of nitrogens with one attached hydrogen (secondary N) is 2. The van der Waals surface area contributed by atoms with Crippen molar-refractivity contribution in [1.82, 2.24) is 19.6 Å². The Hall–Kier alpha value is -2.04. The zero-order chi connectivity index (χ0) is 21.9. The number of halogens is 1. The summed E-state index contributed by atoms with van der Waals surface area (Å²) in [5, 5.41) is 0. The van der Waals surface area contributed by atoms with Gasteiger partial charge in [-0.25, -0.2) is 13.1 Å². The lowest BCUT2D eigenvalue weighted by Crippen LogP contribution is -2.34. The summed E-state index contributed by atoms with van der Waals surface area (Å²) < 4.78 is 28.8. The number of thiophene rings is 1. The van der Waals surface area contributed by atoms with Crippen LogP contribution in [0.4, 0.5) is 0 Å². The lowest BCUT2D eigenvalue weighted by molar-refractivity contribution is 0.299. The largest absolute Gasteiger partial charge is 0.326 e. The molecule has 0 saturated heterocycles. The van der Waals surface area contributed by atoms with Gasteiger partial charge >= 0.3 is 0 Å². The highest BCUT2D eigenvalue weighted by Crippen LogP contribution is 2.32. The second-order valence-corrected chi connectivity index (χ2v) is 10.3. The Morgan fingerprint density at radius 2 is 2.00 bits per heavy atom. The van der Waals surface area contributed by atoms with E-state index in [2.05, 4.69) is 14.7 Å². The normalized spacial score (nSPS) is 12.5. The Morgan fingerprint density at radius 3 is 2.61 bits per heavy atom. The van der Waals surface area contributed by atoms with Crippen molar-refractivity contribution < 1.29 is 8.42 Å². The molecule has 2 N–H and O–H groups in total. The van der Waals surface area contributed by atoms with Crippen molar-refractivity contribution in [2.45, 2.75) is 30.5 Å². The first-order chi connectivity index (χ1) is 14.2. The zero-order valence-corrected chi connectivity index (χ0v) is 20.3. The molecule has 1 unspecified atom stereocenters. The minimum atomic E-state index is -3.67. The SMILES string of the molecule is CCc1cc(-c2ccc(S(=O)(=O)NCC(c3cccnc3)N(C)C)s2)c(C)[nH]c1=O.Cl. The molecule has 0 aromatic carbocycles. The molecule has 0 aliphatic rings. The van der Waals surface area contributed by atoms with Crippen molar-refractivity contribution in [3.63, 3.8) is 0 Å². The monoisotopic (exact) mass is 482 g/mol. The van der Waals surface area contributed by atoms with Gasteiger partial charge in [0.2, 0.25) is 10.0 Å². The highest BCUT2D eigenvalue weighted by Gasteiger charge is 2.22. The molecule has 3 rings (SSSR count). The van der Waals surface area contributed by atoms with E-state index in [0.717, 1.165) is 21.7 Å². The molecule has 3 aromatic rings. The molecule has 1 atom stereocenters. The number of H-pyrrole nitrogens is 1. The van der Waals surface area contributed by atoms with Gasteiger partial charge in [0.25, 0.3) is 5.56 Å². The molecule has 10 heteroatoms. The van der Waals surface area contributed by atoms with Gasteiger partial charge in [-0.1, -0.05) is 13.0 Å². The van der Waals surface area contributed by atoms with E-state index in [1.54, 1.807) is 24.5 Å². The number of sulfonamides is 1. The van der Waals surface area contributed by atoms with Crippen LogP contribution in [0.15, 0.2) is 51.7 Å². The van der Waals surface area contributed by atoms with Crippen LogP contribution in [0.2, 0.25) is 0 Å². The second kappa shape index (κ2) is 10.5. The van der Waals surface area contributed by atoms with Gasteiger partial charge in [-0.3, -0.25) is 9.78 Å².